The molecule has 0 aliphatic rings. The molecule has 0 amide bonds. The van der Waals surface area contributed by atoms with E-state index >= 15 is 0 Å². The molecule has 0 heterocycles. The van der Waals surface area contributed by atoms with Crippen molar-refractivity contribution in [2.45, 2.75) is 46.5 Å². The Morgan fingerprint density at radius 3 is 1.33 bits per heavy atom. The number of hydrogen-bond acceptors (Lipinski definition) is 9. The van der Waals surface area contributed by atoms with E-state index in [2.05, 4.69) is 3.79 Å². The zero-order chi connectivity index (χ0) is 24.0. The van der Waals surface area contributed by atoms with Crippen molar-refractivity contribution in [2.75, 3.05) is 0 Å². The van der Waals surface area contributed by atoms with Gasteiger partial charge in [-0.1, -0.05) is 13.8 Å². The van der Waals surface area contributed by atoms with Crippen LogP contribution in [0.15, 0.2) is 0 Å². The number of hydrogen-bond donors (Lipinski definition) is 3. The molecular formula is C17H23AlO12. The topological polar surface area (TPSA) is 206 Å². The van der Waals surface area contributed by atoms with E-state index in [1.54, 1.807) is 0 Å². The summed E-state index contributed by atoms with van der Waals surface area (Å²) >= 11 is -1.35. The molecule has 2 atom stereocenters. The fourth-order valence-corrected chi connectivity index (χ4v) is 2.49. The number of rotatable bonds is 13. The van der Waals surface area contributed by atoms with Crippen LogP contribution in [0.4, 0.5) is 0 Å². The summed E-state index contributed by atoms with van der Waals surface area (Å²) in [6, 6.07) is 0. The van der Waals surface area contributed by atoms with Gasteiger partial charge >= 0.3 is 58.7 Å². The molecule has 30 heavy (non-hydrogen) atoms. The molecule has 0 aromatic rings. The minimum absolute atomic E-state index is 0.0528. The van der Waals surface area contributed by atoms with E-state index in [0.29, 0.717) is 0 Å². The van der Waals surface area contributed by atoms with Crippen LogP contribution in [0.25, 0.3) is 0 Å². The molecule has 0 bridgehead atoms. The predicted molar refractivity (Wildman–Crippen MR) is 96.4 cm³/mol. The Morgan fingerprint density at radius 1 is 0.800 bits per heavy atom. The number of carboxylic acids is 3. The van der Waals surface area contributed by atoms with Crippen molar-refractivity contribution in [3.8, 4) is 0 Å². The number of carbonyl (C=O) groups excluding carboxylic acids is 4. The molecule has 166 valence electrons. The zero-order valence-electron chi connectivity index (χ0n) is 16.7. The maximum absolute atomic E-state index is 12.0. The van der Waals surface area contributed by atoms with Gasteiger partial charge in [-0.25, -0.2) is 4.79 Å². The zero-order valence-corrected chi connectivity index (χ0v) is 17.8. The molecule has 0 aliphatic carbocycles. The van der Waals surface area contributed by atoms with E-state index in [4.69, 9.17) is 15.3 Å². The van der Waals surface area contributed by atoms with Crippen molar-refractivity contribution >= 4 is 56.7 Å². The Bertz CT molecular complexity index is 663. The molecule has 2 unspecified atom stereocenters. The van der Waals surface area contributed by atoms with Crippen molar-refractivity contribution in [2.24, 2.45) is 17.8 Å². The summed E-state index contributed by atoms with van der Waals surface area (Å²) < 4.78 is 13.3. The van der Waals surface area contributed by atoms with Gasteiger partial charge in [0.25, 0.3) is 0 Å². The molecule has 0 aromatic heterocycles. The van der Waals surface area contributed by atoms with Crippen LogP contribution in [0, 0.1) is 17.8 Å². The van der Waals surface area contributed by atoms with Crippen molar-refractivity contribution in [3.63, 3.8) is 0 Å². The first-order valence-electron chi connectivity index (χ1n) is 8.72. The summed E-state index contributed by atoms with van der Waals surface area (Å²) in [4.78, 5) is 78.0. The van der Waals surface area contributed by atoms with Gasteiger partial charge in [-0.2, -0.15) is 0 Å². The fraction of sp³-hybridized carbons (Fsp3) is 0.588. The average Bonchev–Trinajstić information content (AvgIpc) is 2.61. The molecule has 0 aliphatic heterocycles. The van der Waals surface area contributed by atoms with Crippen molar-refractivity contribution < 1.29 is 56.5 Å². The first-order chi connectivity index (χ1) is 13.8. The number of carboxylic acid groups (broad SMARTS) is 3. The van der Waals surface area contributed by atoms with E-state index in [1.807, 2.05) is 0 Å². The molecule has 0 rings (SSSR count). The SMILES string of the molecule is CC(=O)[O][Al]=[O].CCC(C(=O)O)C(=O)CC(CC(=O)C(CC)C(=O)O)C(=O)C(=O)O. The Hall–Kier alpha value is -2.78. The monoisotopic (exact) mass is 446 g/mol. The molecule has 0 saturated heterocycles. The van der Waals surface area contributed by atoms with Gasteiger partial charge in [0.15, 0.2) is 0 Å². The van der Waals surface area contributed by atoms with Crippen LogP contribution < -0.4 is 0 Å². The van der Waals surface area contributed by atoms with E-state index in [1.165, 1.54) is 20.8 Å². The molecule has 0 fully saturated rings. The minimum Gasteiger partial charge on any atom is -0.481 e. The molecule has 0 aromatic carbocycles. The maximum atomic E-state index is 12.0. The predicted octanol–water partition coefficient (Wildman–Crippen LogP) is -0.0895. The van der Waals surface area contributed by atoms with Crippen molar-refractivity contribution in [1.29, 1.82) is 0 Å². The Balaban J connectivity index is 0. The third-order valence-corrected chi connectivity index (χ3v) is 4.31. The van der Waals surface area contributed by atoms with Crippen LogP contribution in [-0.2, 0) is 41.2 Å². The first-order valence-corrected chi connectivity index (χ1v) is 9.67. The van der Waals surface area contributed by atoms with Crippen LogP contribution in [0.3, 0.4) is 0 Å². The number of aliphatic carboxylic acids is 3. The van der Waals surface area contributed by atoms with E-state index in [9.17, 15) is 37.4 Å². The van der Waals surface area contributed by atoms with Crippen LogP contribution in [-0.4, -0.2) is 72.0 Å². The number of carbonyl (C=O) groups is 7. The largest absolute Gasteiger partial charge is 0.481 e. The third kappa shape index (κ3) is 11.3. The van der Waals surface area contributed by atoms with Crippen molar-refractivity contribution in [3.05, 3.63) is 0 Å². The maximum Gasteiger partial charge on any atom is 0.372 e. The standard InChI is InChI=1S/C15H20O9.C2H4O2.Al.O/c1-3-8(13(19)20)10(16)5-7(12(18)15(23)24)6-11(17)9(4-2)14(21)22;1-2(3)4;;/h7-9H,3-6H2,1-2H3,(H,19,20)(H,21,22)(H,23,24);1H3,(H,3,4);;/q;;+1;/p-1. The van der Waals surface area contributed by atoms with Gasteiger partial charge in [0.05, 0.1) is 0 Å². The van der Waals surface area contributed by atoms with E-state index in [-0.39, 0.29) is 12.8 Å². The minimum atomic E-state index is -1.87. The second-order valence-electron chi connectivity index (χ2n) is 6.01. The second kappa shape index (κ2) is 15.1. The van der Waals surface area contributed by atoms with Crippen molar-refractivity contribution in [1.82, 2.24) is 0 Å². The number of Topliss-reactive ketones (excluding diaryl/α,β-unsaturated/α-hetero) is 3. The third-order valence-electron chi connectivity index (χ3n) is 3.88. The summed E-state index contributed by atoms with van der Waals surface area (Å²) in [6.45, 7) is 4.09. The van der Waals surface area contributed by atoms with Gasteiger partial charge in [-0.15, -0.1) is 0 Å². The molecule has 0 saturated carbocycles. The Kier molecular flexibility index (Phi) is 14.8. The van der Waals surface area contributed by atoms with Gasteiger partial charge in [0, 0.05) is 18.8 Å². The summed E-state index contributed by atoms with van der Waals surface area (Å²) in [5.74, 6) is -12.7. The second-order valence-corrected chi connectivity index (χ2v) is 6.44. The van der Waals surface area contributed by atoms with Gasteiger partial charge < -0.3 is 15.3 Å². The Morgan fingerprint density at radius 2 is 1.17 bits per heavy atom. The summed E-state index contributed by atoms with van der Waals surface area (Å²) in [6.07, 6.45) is -1.58. The smallest absolute Gasteiger partial charge is 0.372 e. The molecular weight excluding hydrogens is 423 g/mol. The number of ketones is 3. The quantitative estimate of drug-likeness (QED) is 0.193. The summed E-state index contributed by atoms with van der Waals surface area (Å²) in [5.41, 5.74) is 0. The Labute approximate surface area is 177 Å². The molecule has 3 N–H and O–H groups in total. The van der Waals surface area contributed by atoms with Crippen LogP contribution in [0.1, 0.15) is 46.5 Å². The molecule has 12 nitrogen and oxygen atoms in total. The average molecular weight is 446 g/mol. The van der Waals surface area contributed by atoms with Gasteiger partial charge in [-0.3, -0.25) is 24.0 Å². The van der Waals surface area contributed by atoms with E-state index in [0.717, 1.165) is 0 Å². The van der Waals surface area contributed by atoms with Crippen LogP contribution in [0.2, 0.25) is 0 Å². The van der Waals surface area contributed by atoms with Crippen LogP contribution >= 0.6 is 0 Å². The molecule has 0 radical (unpaired) electrons. The molecule has 13 heteroatoms. The van der Waals surface area contributed by atoms with Gasteiger partial charge in [0.1, 0.15) is 23.4 Å². The fourth-order valence-electron chi connectivity index (χ4n) is 2.35. The van der Waals surface area contributed by atoms with Crippen LogP contribution in [0.5, 0.6) is 0 Å². The summed E-state index contributed by atoms with van der Waals surface area (Å²) in [7, 11) is 0. The summed E-state index contributed by atoms with van der Waals surface area (Å²) in [5, 5.41) is 26.6. The van der Waals surface area contributed by atoms with Gasteiger partial charge in [0.2, 0.25) is 5.78 Å². The van der Waals surface area contributed by atoms with Gasteiger partial charge in [-0.05, 0) is 12.8 Å². The normalized spacial score (nSPS) is 12.6. The first kappa shape index (κ1) is 29.4. The molecule has 0 spiro atoms. The van der Waals surface area contributed by atoms with E-state index < -0.39 is 87.3 Å².